The van der Waals surface area contributed by atoms with Crippen LogP contribution in [0.2, 0.25) is 0 Å². The van der Waals surface area contributed by atoms with Gasteiger partial charge in [0.15, 0.2) is 0 Å². The maximum Gasteiger partial charge on any atom is 0.371 e. The zero-order valence-electron chi connectivity index (χ0n) is 11.8. The number of carbonyl (C=O) groups excluding carboxylic acids is 1. The number of furan rings is 1. The van der Waals surface area contributed by atoms with Gasteiger partial charge in [-0.1, -0.05) is 6.92 Å². The number of nitrogens with zero attached hydrogens (tertiary/aromatic N) is 2. The molecule has 6 heteroatoms. The molecule has 0 saturated heterocycles. The van der Waals surface area contributed by atoms with E-state index in [4.69, 9.17) is 9.52 Å². The van der Waals surface area contributed by atoms with E-state index in [0.29, 0.717) is 25.4 Å². The van der Waals surface area contributed by atoms with E-state index in [-0.39, 0.29) is 11.7 Å². The summed E-state index contributed by atoms with van der Waals surface area (Å²) in [6.45, 7) is 5.18. The molecule has 0 spiro atoms. The second-order valence-corrected chi connectivity index (χ2v) is 4.59. The van der Waals surface area contributed by atoms with Crippen LogP contribution in [0.5, 0.6) is 0 Å². The molecule has 0 fully saturated rings. The van der Waals surface area contributed by atoms with Crippen LogP contribution in [0.25, 0.3) is 0 Å². The predicted molar refractivity (Wildman–Crippen MR) is 70.0 cm³/mol. The maximum absolute atomic E-state index is 11.7. The van der Waals surface area contributed by atoms with E-state index in [9.17, 15) is 9.59 Å². The van der Waals surface area contributed by atoms with Crippen molar-refractivity contribution in [3.05, 3.63) is 23.2 Å². The number of carbonyl (C=O) groups is 2. The maximum atomic E-state index is 11.7. The zero-order chi connectivity index (χ0) is 14.6. The highest BCUT2D eigenvalue weighted by Gasteiger charge is 2.17. The fourth-order valence-corrected chi connectivity index (χ4v) is 1.64. The zero-order valence-corrected chi connectivity index (χ0v) is 11.8. The van der Waals surface area contributed by atoms with Gasteiger partial charge >= 0.3 is 5.97 Å². The molecule has 0 unspecified atom stereocenters. The second kappa shape index (κ2) is 6.38. The lowest BCUT2D eigenvalue weighted by atomic mass is 10.2. The average molecular weight is 268 g/mol. The third-order valence-corrected chi connectivity index (χ3v) is 2.93. The molecule has 0 aliphatic rings. The van der Waals surface area contributed by atoms with E-state index in [0.717, 1.165) is 5.56 Å². The molecule has 0 saturated carbocycles. The Labute approximate surface area is 112 Å². The quantitative estimate of drug-likeness (QED) is 0.839. The van der Waals surface area contributed by atoms with Crippen LogP contribution in [0.3, 0.4) is 0 Å². The molecule has 0 aliphatic carbocycles. The number of rotatable bonds is 6. The molecule has 1 heterocycles. The lowest BCUT2D eigenvalue weighted by Crippen LogP contribution is -2.36. The normalized spacial score (nSPS) is 10.8. The Hall–Kier alpha value is -1.82. The molecular weight excluding hydrogens is 248 g/mol. The number of hydrogen-bond acceptors (Lipinski definition) is 4. The first-order valence-corrected chi connectivity index (χ1v) is 6.10. The summed E-state index contributed by atoms with van der Waals surface area (Å²) < 4.78 is 5.15. The van der Waals surface area contributed by atoms with Gasteiger partial charge in [-0.05, 0) is 19.5 Å². The van der Waals surface area contributed by atoms with Crippen LogP contribution in [0.4, 0.5) is 0 Å². The van der Waals surface area contributed by atoms with E-state index in [1.54, 1.807) is 21.0 Å². The van der Waals surface area contributed by atoms with Crippen LogP contribution in [-0.4, -0.2) is 54.0 Å². The van der Waals surface area contributed by atoms with Crippen molar-refractivity contribution >= 4 is 11.9 Å². The molecule has 19 heavy (non-hydrogen) atoms. The van der Waals surface area contributed by atoms with Gasteiger partial charge in [0, 0.05) is 26.2 Å². The number of hydrogen-bond donors (Lipinski definition) is 1. The molecule has 0 radical (unpaired) electrons. The summed E-state index contributed by atoms with van der Waals surface area (Å²) in [6, 6.07) is 1.51. The minimum atomic E-state index is -1.08. The summed E-state index contributed by atoms with van der Waals surface area (Å²) in [5, 5.41) is 8.86. The molecule has 0 aromatic carbocycles. The third-order valence-electron chi connectivity index (χ3n) is 2.93. The van der Waals surface area contributed by atoms with Crippen molar-refractivity contribution in [1.82, 2.24) is 9.80 Å². The first-order valence-electron chi connectivity index (χ1n) is 6.10. The predicted octanol–water partition coefficient (Wildman–Crippen LogP) is 1.20. The van der Waals surface area contributed by atoms with Crippen LogP contribution < -0.4 is 0 Å². The first kappa shape index (κ1) is 15.2. The Morgan fingerprint density at radius 2 is 2.00 bits per heavy atom. The van der Waals surface area contributed by atoms with E-state index >= 15 is 0 Å². The molecule has 1 aromatic rings. The van der Waals surface area contributed by atoms with Crippen molar-refractivity contribution in [2.75, 3.05) is 27.2 Å². The average Bonchev–Trinajstić information content (AvgIpc) is 2.70. The molecule has 0 bridgehead atoms. The molecule has 1 amide bonds. The van der Waals surface area contributed by atoms with Crippen LogP contribution >= 0.6 is 0 Å². The summed E-state index contributed by atoms with van der Waals surface area (Å²) in [5.41, 5.74) is 0.797. The van der Waals surface area contributed by atoms with Gasteiger partial charge < -0.3 is 14.4 Å². The summed E-state index contributed by atoms with van der Waals surface area (Å²) in [4.78, 5) is 26.0. The lowest BCUT2D eigenvalue weighted by Gasteiger charge is -2.21. The Morgan fingerprint density at radius 3 is 2.42 bits per heavy atom. The molecule has 106 valence electrons. The molecule has 1 rings (SSSR count). The highest BCUT2D eigenvalue weighted by Crippen LogP contribution is 2.16. The monoisotopic (exact) mass is 268 g/mol. The van der Waals surface area contributed by atoms with Gasteiger partial charge in [-0.25, -0.2) is 4.79 Å². The number of aryl methyl sites for hydroxylation is 1. The highest BCUT2D eigenvalue weighted by molar-refractivity contribution is 5.84. The number of amides is 1. The van der Waals surface area contributed by atoms with Crippen molar-refractivity contribution in [2.45, 2.75) is 20.4 Å². The van der Waals surface area contributed by atoms with Gasteiger partial charge in [-0.15, -0.1) is 0 Å². The molecule has 0 atom stereocenters. The minimum absolute atomic E-state index is 0.0152. The fraction of sp³-hybridized carbons (Fsp3) is 0.538. The van der Waals surface area contributed by atoms with Crippen LogP contribution in [0.1, 0.15) is 28.8 Å². The third kappa shape index (κ3) is 4.10. The number of likely N-dealkylation sites (N-methyl/N-ethyl adjacent to an activating group) is 2. The van der Waals surface area contributed by atoms with E-state index in [2.05, 4.69) is 0 Å². The standard InChI is InChI=1S/C13H20N2O4/c1-5-15(8-12(16)14(3)4)7-10-6-11(13(17)18)19-9(10)2/h6H,5,7-8H2,1-4H3,(H,17,18). The Morgan fingerprint density at radius 1 is 1.37 bits per heavy atom. The molecule has 6 nitrogen and oxygen atoms in total. The molecule has 1 N–H and O–H groups in total. The SMILES string of the molecule is CCN(CC(=O)N(C)C)Cc1cc(C(=O)O)oc1C. The first-order chi connectivity index (χ1) is 8.85. The largest absolute Gasteiger partial charge is 0.475 e. The minimum Gasteiger partial charge on any atom is -0.475 e. The Bertz CT molecular complexity index is 465. The summed E-state index contributed by atoms with van der Waals surface area (Å²) in [7, 11) is 3.42. The van der Waals surface area contributed by atoms with Crippen molar-refractivity contribution in [2.24, 2.45) is 0 Å². The Kier molecular flexibility index (Phi) is 5.11. The van der Waals surface area contributed by atoms with E-state index in [1.165, 1.54) is 11.0 Å². The van der Waals surface area contributed by atoms with Gasteiger partial charge in [0.25, 0.3) is 0 Å². The van der Waals surface area contributed by atoms with Crippen molar-refractivity contribution < 1.29 is 19.1 Å². The highest BCUT2D eigenvalue weighted by atomic mass is 16.4. The topological polar surface area (TPSA) is 74.0 Å². The van der Waals surface area contributed by atoms with E-state index < -0.39 is 5.97 Å². The van der Waals surface area contributed by atoms with Gasteiger partial charge in [0.2, 0.25) is 11.7 Å². The van der Waals surface area contributed by atoms with Gasteiger partial charge in [0.1, 0.15) is 5.76 Å². The van der Waals surface area contributed by atoms with Gasteiger partial charge in [-0.3, -0.25) is 9.69 Å². The Balaban J connectivity index is 2.75. The summed E-state index contributed by atoms with van der Waals surface area (Å²) >= 11 is 0. The van der Waals surface area contributed by atoms with Crippen molar-refractivity contribution in [3.8, 4) is 0 Å². The van der Waals surface area contributed by atoms with Crippen molar-refractivity contribution in [1.29, 1.82) is 0 Å². The number of carboxylic acids is 1. The second-order valence-electron chi connectivity index (χ2n) is 4.59. The van der Waals surface area contributed by atoms with Crippen LogP contribution in [0, 0.1) is 6.92 Å². The van der Waals surface area contributed by atoms with Gasteiger partial charge in [-0.2, -0.15) is 0 Å². The molecule has 1 aromatic heterocycles. The van der Waals surface area contributed by atoms with E-state index in [1.807, 2.05) is 11.8 Å². The smallest absolute Gasteiger partial charge is 0.371 e. The molecule has 0 aliphatic heterocycles. The molecular formula is C13H20N2O4. The van der Waals surface area contributed by atoms with Crippen molar-refractivity contribution in [3.63, 3.8) is 0 Å². The van der Waals surface area contributed by atoms with Crippen LogP contribution in [-0.2, 0) is 11.3 Å². The summed E-state index contributed by atoms with van der Waals surface area (Å²) in [5.74, 6) is -0.557. The lowest BCUT2D eigenvalue weighted by molar-refractivity contribution is -0.130. The number of carboxylic acid groups (broad SMARTS) is 1. The van der Waals surface area contributed by atoms with Gasteiger partial charge in [0.05, 0.1) is 6.54 Å². The fourth-order valence-electron chi connectivity index (χ4n) is 1.64. The summed E-state index contributed by atoms with van der Waals surface area (Å²) in [6.07, 6.45) is 0. The van der Waals surface area contributed by atoms with Crippen LogP contribution in [0.15, 0.2) is 10.5 Å². The number of aromatic carboxylic acids is 1.